The topological polar surface area (TPSA) is 46.3 Å². The van der Waals surface area contributed by atoms with E-state index >= 15 is 0 Å². The molecule has 3 nitrogen and oxygen atoms in total. The second kappa shape index (κ2) is 5.00. The third-order valence-corrected chi connectivity index (χ3v) is 3.85. The molecule has 0 saturated carbocycles. The van der Waals surface area contributed by atoms with Gasteiger partial charge in [0.05, 0.1) is 0 Å². The molecule has 0 aromatic heterocycles. The Morgan fingerprint density at radius 1 is 1.25 bits per heavy atom. The Labute approximate surface area is 119 Å². The maximum Gasteiger partial charge on any atom is 0.240 e. The molecule has 0 radical (unpaired) electrons. The van der Waals surface area contributed by atoms with Crippen LogP contribution in [0.2, 0.25) is 0 Å². The minimum absolute atomic E-state index is 0.243. The van der Waals surface area contributed by atoms with Gasteiger partial charge in [-0.05, 0) is 24.1 Å². The van der Waals surface area contributed by atoms with Crippen LogP contribution in [0, 0.1) is 6.92 Å². The van der Waals surface area contributed by atoms with Crippen molar-refractivity contribution in [1.82, 2.24) is 0 Å². The van der Waals surface area contributed by atoms with Gasteiger partial charge in [-0.3, -0.25) is 4.79 Å². The van der Waals surface area contributed by atoms with Crippen molar-refractivity contribution in [2.45, 2.75) is 25.9 Å². The lowest BCUT2D eigenvalue weighted by atomic mass is 10.1. The zero-order valence-electron chi connectivity index (χ0n) is 11.5. The van der Waals surface area contributed by atoms with Crippen LogP contribution in [0.15, 0.2) is 48.5 Å². The standard InChI is InChI=1S/C17H18N2O/c1-12-5-4-6-13(9-12)11-19-15-8-3-2-7-14(15)10-16(19)17(18)20/h2-9,16H,10-11H2,1H3,(H2,18,20). The number of nitrogens with zero attached hydrogens (tertiary/aromatic N) is 1. The van der Waals surface area contributed by atoms with Crippen molar-refractivity contribution in [2.24, 2.45) is 5.73 Å². The second-order valence-corrected chi connectivity index (χ2v) is 5.37. The number of rotatable bonds is 3. The number of hydrogen-bond donors (Lipinski definition) is 1. The van der Waals surface area contributed by atoms with Gasteiger partial charge < -0.3 is 10.6 Å². The number of benzene rings is 2. The van der Waals surface area contributed by atoms with Crippen LogP contribution in [-0.2, 0) is 17.8 Å². The third-order valence-electron chi connectivity index (χ3n) is 3.85. The summed E-state index contributed by atoms with van der Waals surface area (Å²) < 4.78 is 0. The fraction of sp³-hybridized carbons (Fsp3) is 0.235. The summed E-state index contributed by atoms with van der Waals surface area (Å²) in [6.07, 6.45) is 0.706. The summed E-state index contributed by atoms with van der Waals surface area (Å²) in [5, 5.41) is 0. The summed E-state index contributed by atoms with van der Waals surface area (Å²) in [6, 6.07) is 16.3. The molecule has 3 heteroatoms. The number of primary amides is 1. The Hall–Kier alpha value is -2.29. The molecule has 1 aliphatic rings. The SMILES string of the molecule is Cc1cccc(CN2c3ccccc3CC2C(N)=O)c1. The Morgan fingerprint density at radius 2 is 2.05 bits per heavy atom. The minimum atomic E-state index is -0.256. The van der Waals surface area contributed by atoms with Crippen LogP contribution >= 0.6 is 0 Å². The summed E-state index contributed by atoms with van der Waals surface area (Å²) in [4.78, 5) is 13.8. The van der Waals surface area contributed by atoms with Gasteiger partial charge >= 0.3 is 0 Å². The Kier molecular flexibility index (Phi) is 3.18. The Bertz CT molecular complexity index is 651. The lowest BCUT2D eigenvalue weighted by molar-refractivity contribution is -0.119. The number of amides is 1. The summed E-state index contributed by atoms with van der Waals surface area (Å²) in [5.74, 6) is -0.256. The van der Waals surface area contributed by atoms with Gasteiger partial charge in [0, 0.05) is 18.7 Å². The quantitative estimate of drug-likeness (QED) is 0.927. The number of hydrogen-bond acceptors (Lipinski definition) is 2. The van der Waals surface area contributed by atoms with Crippen molar-refractivity contribution in [3.8, 4) is 0 Å². The third kappa shape index (κ3) is 2.27. The van der Waals surface area contributed by atoms with Crippen molar-refractivity contribution in [3.05, 3.63) is 65.2 Å². The molecule has 1 amide bonds. The lowest BCUT2D eigenvalue weighted by Crippen LogP contribution is -2.42. The fourth-order valence-corrected chi connectivity index (χ4v) is 2.91. The predicted molar refractivity (Wildman–Crippen MR) is 80.5 cm³/mol. The highest BCUT2D eigenvalue weighted by molar-refractivity contribution is 5.86. The van der Waals surface area contributed by atoms with Gasteiger partial charge in [0.1, 0.15) is 6.04 Å². The van der Waals surface area contributed by atoms with Crippen LogP contribution in [0.5, 0.6) is 0 Å². The maximum atomic E-state index is 11.7. The molecule has 2 aromatic carbocycles. The van der Waals surface area contributed by atoms with Crippen molar-refractivity contribution in [2.75, 3.05) is 4.90 Å². The van der Waals surface area contributed by atoms with E-state index in [1.54, 1.807) is 0 Å². The average Bonchev–Trinajstić information content (AvgIpc) is 2.78. The van der Waals surface area contributed by atoms with Gasteiger partial charge in [0.2, 0.25) is 5.91 Å². The molecule has 0 aliphatic carbocycles. The van der Waals surface area contributed by atoms with Crippen LogP contribution < -0.4 is 10.6 Å². The number of aryl methyl sites for hydroxylation is 1. The number of carbonyl (C=O) groups excluding carboxylic acids is 1. The number of anilines is 1. The van der Waals surface area contributed by atoms with E-state index in [4.69, 9.17) is 5.73 Å². The Morgan fingerprint density at radius 3 is 2.80 bits per heavy atom. The fourth-order valence-electron chi connectivity index (χ4n) is 2.91. The van der Waals surface area contributed by atoms with Gasteiger partial charge in [-0.25, -0.2) is 0 Å². The molecule has 2 aromatic rings. The summed E-state index contributed by atoms with van der Waals surface area (Å²) in [6.45, 7) is 2.79. The predicted octanol–water partition coefficient (Wildman–Crippen LogP) is 2.41. The van der Waals surface area contributed by atoms with Gasteiger partial charge in [0.25, 0.3) is 0 Å². The summed E-state index contributed by atoms with van der Waals surface area (Å²) in [7, 11) is 0. The first-order chi connectivity index (χ1) is 9.65. The number of para-hydroxylation sites is 1. The number of fused-ring (bicyclic) bond motifs is 1. The summed E-state index contributed by atoms with van der Waals surface area (Å²) >= 11 is 0. The highest BCUT2D eigenvalue weighted by Gasteiger charge is 2.32. The second-order valence-electron chi connectivity index (χ2n) is 5.37. The van der Waals surface area contributed by atoms with Crippen LogP contribution in [0.4, 0.5) is 5.69 Å². The monoisotopic (exact) mass is 266 g/mol. The molecule has 20 heavy (non-hydrogen) atoms. The van der Waals surface area contributed by atoms with Gasteiger partial charge in [-0.15, -0.1) is 0 Å². The first kappa shape index (κ1) is 12.7. The van der Waals surface area contributed by atoms with E-state index in [2.05, 4.69) is 42.2 Å². The normalized spacial score (nSPS) is 17.1. The highest BCUT2D eigenvalue weighted by atomic mass is 16.1. The minimum Gasteiger partial charge on any atom is -0.368 e. The molecule has 1 unspecified atom stereocenters. The average molecular weight is 266 g/mol. The smallest absolute Gasteiger partial charge is 0.240 e. The van der Waals surface area contributed by atoms with Crippen molar-refractivity contribution in [3.63, 3.8) is 0 Å². The molecule has 0 fully saturated rings. The van der Waals surface area contributed by atoms with Gasteiger partial charge in [0.15, 0.2) is 0 Å². The van der Waals surface area contributed by atoms with E-state index in [1.165, 1.54) is 16.7 Å². The molecule has 1 heterocycles. The van der Waals surface area contributed by atoms with Crippen LogP contribution in [0.25, 0.3) is 0 Å². The van der Waals surface area contributed by atoms with E-state index in [9.17, 15) is 4.79 Å². The molecule has 2 N–H and O–H groups in total. The molecule has 3 rings (SSSR count). The molecule has 102 valence electrons. The van der Waals surface area contributed by atoms with E-state index in [0.717, 1.165) is 5.69 Å². The van der Waals surface area contributed by atoms with Crippen LogP contribution in [0.1, 0.15) is 16.7 Å². The van der Waals surface area contributed by atoms with Crippen molar-refractivity contribution >= 4 is 11.6 Å². The van der Waals surface area contributed by atoms with Crippen molar-refractivity contribution in [1.29, 1.82) is 0 Å². The van der Waals surface area contributed by atoms with Gasteiger partial charge in [-0.2, -0.15) is 0 Å². The van der Waals surface area contributed by atoms with E-state index in [-0.39, 0.29) is 11.9 Å². The van der Waals surface area contributed by atoms with Crippen LogP contribution in [-0.4, -0.2) is 11.9 Å². The zero-order valence-corrected chi connectivity index (χ0v) is 11.5. The molecule has 1 aliphatic heterocycles. The number of carbonyl (C=O) groups is 1. The molecule has 0 spiro atoms. The molecule has 0 bridgehead atoms. The Balaban J connectivity index is 1.94. The van der Waals surface area contributed by atoms with E-state index < -0.39 is 0 Å². The lowest BCUT2D eigenvalue weighted by Gasteiger charge is -2.25. The summed E-state index contributed by atoms with van der Waals surface area (Å²) in [5.41, 5.74) is 10.3. The van der Waals surface area contributed by atoms with Crippen molar-refractivity contribution < 1.29 is 4.79 Å². The van der Waals surface area contributed by atoms with E-state index in [0.29, 0.717) is 13.0 Å². The van der Waals surface area contributed by atoms with E-state index in [1.807, 2.05) is 18.2 Å². The van der Waals surface area contributed by atoms with Gasteiger partial charge in [-0.1, -0.05) is 48.0 Å². The molecule has 1 atom stereocenters. The maximum absolute atomic E-state index is 11.7. The van der Waals surface area contributed by atoms with Crippen LogP contribution in [0.3, 0.4) is 0 Å². The molecular formula is C17H18N2O. The highest BCUT2D eigenvalue weighted by Crippen LogP contribution is 2.33. The molecule has 0 saturated heterocycles. The largest absolute Gasteiger partial charge is 0.368 e. The zero-order chi connectivity index (χ0) is 14.1. The first-order valence-corrected chi connectivity index (χ1v) is 6.84. The molecular weight excluding hydrogens is 248 g/mol. The number of nitrogens with two attached hydrogens (primary N) is 1. The first-order valence-electron chi connectivity index (χ1n) is 6.84.